The second kappa shape index (κ2) is 3.81. The third-order valence-electron chi connectivity index (χ3n) is 2.65. The zero-order chi connectivity index (χ0) is 10.8. The number of fused-ring (bicyclic) bond motifs is 1. The summed E-state index contributed by atoms with van der Waals surface area (Å²) in [5.74, 6) is -0.387. The Morgan fingerprint density at radius 2 is 2.33 bits per heavy atom. The molecule has 0 bridgehead atoms. The van der Waals surface area contributed by atoms with Gasteiger partial charge >= 0.3 is 5.97 Å². The van der Waals surface area contributed by atoms with Gasteiger partial charge in [-0.25, -0.2) is 0 Å². The van der Waals surface area contributed by atoms with Gasteiger partial charge in [0.25, 0.3) is 0 Å². The second-order valence-electron chi connectivity index (χ2n) is 3.89. The van der Waals surface area contributed by atoms with Crippen LogP contribution in [0.2, 0.25) is 0 Å². The minimum atomic E-state index is -0.760. The Bertz CT molecular complexity index is 389. The average molecular weight is 207 g/mol. The molecule has 1 atom stereocenters. The monoisotopic (exact) mass is 207 g/mol. The van der Waals surface area contributed by atoms with Gasteiger partial charge in [0.15, 0.2) is 0 Å². The van der Waals surface area contributed by atoms with Gasteiger partial charge in [-0.15, -0.1) is 0 Å². The van der Waals surface area contributed by atoms with Crippen molar-refractivity contribution in [3.63, 3.8) is 0 Å². The van der Waals surface area contributed by atoms with Gasteiger partial charge in [-0.2, -0.15) is 0 Å². The van der Waals surface area contributed by atoms with Crippen molar-refractivity contribution < 1.29 is 15.0 Å². The molecule has 0 fully saturated rings. The van der Waals surface area contributed by atoms with Crippen LogP contribution in [-0.2, 0) is 11.2 Å². The first kappa shape index (κ1) is 9.83. The van der Waals surface area contributed by atoms with E-state index >= 15 is 0 Å². The maximum Gasteiger partial charge on any atom is 0.303 e. The van der Waals surface area contributed by atoms with Crippen LogP contribution < -0.4 is 5.32 Å². The smallest absolute Gasteiger partial charge is 0.303 e. The molecule has 0 saturated carbocycles. The number of hydrogen-bond donors (Lipinski definition) is 3. The summed E-state index contributed by atoms with van der Waals surface area (Å²) in [5, 5.41) is 21.1. The van der Waals surface area contributed by atoms with Crippen molar-refractivity contribution in [2.24, 2.45) is 5.92 Å². The van der Waals surface area contributed by atoms with Gasteiger partial charge in [0, 0.05) is 18.3 Å². The Balaban J connectivity index is 2.13. The molecule has 1 unspecified atom stereocenters. The second-order valence-corrected chi connectivity index (χ2v) is 3.89. The van der Waals surface area contributed by atoms with E-state index in [-0.39, 0.29) is 18.1 Å². The molecule has 1 heterocycles. The number of benzene rings is 1. The van der Waals surface area contributed by atoms with Crippen molar-refractivity contribution in [2.75, 3.05) is 11.9 Å². The van der Waals surface area contributed by atoms with Gasteiger partial charge in [-0.05, 0) is 24.0 Å². The Morgan fingerprint density at radius 1 is 1.53 bits per heavy atom. The van der Waals surface area contributed by atoms with E-state index in [9.17, 15) is 9.90 Å². The van der Waals surface area contributed by atoms with Gasteiger partial charge in [0.05, 0.1) is 6.42 Å². The molecule has 0 amide bonds. The SMILES string of the molecule is O=C(O)CC1CNc2cc(O)ccc2C1. The van der Waals surface area contributed by atoms with E-state index in [1.165, 1.54) is 0 Å². The molecule has 4 nitrogen and oxygen atoms in total. The van der Waals surface area contributed by atoms with Crippen molar-refractivity contribution in [2.45, 2.75) is 12.8 Å². The number of carbonyl (C=O) groups is 1. The molecule has 0 aliphatic carbocycles. The Hall–Kier alpha value is -1.71. The van der Waals surface area contributed by atoms with Crippen LogP contribution in [-0.4, -0.2) is 22.7 Å². The van der Waals surface area contributed by atoms with Gasteiger partial charge in [-0.1, -0.05) is 6.07 Å². The first-order chi connectivity index (χ1) is 7.15. The highest BCUT2D eigenvalue weighted by Gasteiger charge is 2.20. The van der Waals surface area contributed by atoms with Crippen molar-refractivity contribution in [3.8, 4) is 5.75 Å². The lowest BCUT2D eigenvalue weighted by atomic mass is 9.91. The van der Waals surface area contributed by atoms with E-state index in [0.29, 0.717) is 6.54 Å². The number of aliphatic carboxylic acids is 1. The quantitative estimate of drug-likeness (QED) is 0.686. The highest BCUT2D eigenvalue weighted by molar-refractivity contribution is 5.68. The number of rotatable bonds is 2. The Morgan fingerprint density at radius 3 is 3.07 bits per heavy atom. The van der Waals surface area contributed by atoms with Crippen molar-refractivity contribution in [1.29, 1.82) is 0 Å². The van der Waals surface area contributed by atoms with Crippen LogP contribution >= 0.6 is 0 Å². The first-order valence-electron chi connectivity index (χ1n) is 4.92. The van der Waals surface area contributed by atoms with E-state index in [4.69, 9.17) is 5.11 Å². The van der Waals surface area contributed by atoms with E-state index in [1.54, 1.807) is 12.1 Å². The fraction of sp³-hybridized carbons (Fsp3) is 0.364. The van der Waals surface area contributed by atoms with Crippen molar-refractivity contribution in [3.05, 3.63) is 23.8 Å². The third-order valence-corrected chi connectivity index (χ3v) is 2.65. The molecular formula is C11H13NO3. The summed E-state index contributed by atoms with van der Waals surface area (Å²) in [6.45, 7) is 0.656. The summed E-state index contributed by atoms with van der Waals surface area (Å²) in [4.78, 5) is 10.6. The molecule has 1 aliphatic rings. The highest BCUT2D eigenvalue weighted by atomic mass is 16.4. The summed E-state index contributed by atoms with van der Waals surface area (Å²) in [6, 6.07) is 5.14. The maximum absolute atomic E-state index is 10.6. The van der Waals surface area contributed by atoms with Crippen molar-refractivity contribution in [1.82, 2.24) is 0 Å². The molecule has 4 heteroatoms. The molecule has 1 aromatic carbocycles. The number of hydrogen-bond acceptors (Lipinski definition) is 3. The molecule has 1 aromatic rings. The molecule has 3 N–H and O–H groups in total. The molecular weight excluding hydrogens is 194 g/mol. The zero-order valence-corrected chi connectivity index (χ0v) is 8.23. The summed E-state index contributed by atoms with van der Waals surface area (Å²) >= 11 is 0. The summed E-state index contributed by atoms with van der Waals surface area (Å²) in [5.41, 5.74) is 1.99. The Kier molecular flexibility index (Phi) is 2.49. The Labute approximate surface area is 87.6 Å². The fourth-order valence-corrected chi connectivity index (χ4v) is 1.94. The predicted molar refractivity (Wildman–Crippen MR) is 56.0 cm³/mol. The molecule has 15 heavy (non-hydrogen) atoms. The molecule has 0 saturated heterocycles. The van der Waals surface area contributed by atoms with Gasteiger partial charge in [-0.3, -0.25) is 4.79 Å². The standard InChI is InChI=1S/C11H13NO3/c13-9-2-1-8-3-7(4-11(14)15)6-12-10(8)5-9/h1-2,5,7,12-13H,3-4,6H2,(H,14,15). The van der Waals surface area contributed by atoms with Crippen LogP contribution in [0, 0.1) is 5.92 Å². The van der Waals surface area contributed by atoms with Crippen LogP contribution in [0.1, 0.15) is 12.0 Å². The highest BCUT2D eigenvalue weighted by Crippen LogP contribution is 2.29. The molecule has 0 radical (unpaired) electrons. The average Bonchev–Trinajstić information content (AvgIpc) is 2.17. The maximum atomic E-state index is 10.6. The fourth-order valence-electron chi connectivity index (χ4n) is 1.94. The number of anilines is 1. The van der Waals surface area contributed by atoms with Crippen LogP contribution in [0.4, 0.5) is 5.69 Å². The molecule has 0 aromatic heterocycles. The van der Waals surface area contributed by atoms with Crippen molar-refractivity contribution >= 4 is 11.7 Å². The topological polar surface area (TPSA) is 69.6 Å². The number of aromatic hydroxyl groups is 1. The molecule has 1 aliphatic heterocycles. The lowest BCUT2D eigenvalue weighted by molar-refractivity contribution is -0.138. The van der Waals surface area contributed by atoms with E-state index in [1.807, 2.05) is 6.07 Å². The summed E-state index contributed by atoms with van der Waals surface area (Å²) < 4.78 is 0. The van der Waals surface area contributed by atoms with Crippen LogP contribution in [0.15, 0.2) is 18.2 Å². The number of phenols is 1. The lowest BCUT2D eigenvalue weighted by Crippen LogP contribution is -2.25. The van der Waals surface area contributed by atoms with Crippen LogP contribution in [0.25, 0.3) is 0 Å². The molecule has 0 spiro atoms. The minimum absolute atomic E-state index is 0.138. The molecule has 2 rings (SSSR count). The number of carboxylic acid groups (broad SMARTS) is 1. The largest absolute Gasteiger partial charge is 0.508 e. The summed E-state index contributed by atoms with van der Waals surface area (Å²) in [6.07, 6.45) is 0.947. The van der Waals surface area contributed by atoms with E-state index < -0.39 is 5.97 Å². The minimum Gasteiger partial charge on any atom is -0.508 e. The summed E-state index contributed by atoms with van der Waals surface area (Å²) in [7, 11) is 0. The van der Waals surface area contributed by atoms with E-state index in [0.717, 1.165) is 17.7 Å². The third kappa shape index (κ3) is 2.21. The lowest BCUT2D eigenvalue weighted by Gasteiger charge is -2.25. The molecule has 80 valence electrons. The predicted octanol–water partition coefficient (Wildman–Crippen LogP) is 1.45. The van der Waals surface area contributed by atoms with Gasteiger partial charge in [0.1, 0.15) is 5.75 Å². The van der Waals surface area contributed by atoms with Gasteiger partial charge < -0.3 is 15.5 Å². The van der Waals surface area contributed by atoms with Crippen LogP contribution in [0.5, 0.6) is 5.75 Å². The van der Waals surface area contributed by atoms with Crippen LogP contribution in [0.3, 0.4) is 0 Å². The van der Waals surface area contributed by atoms with E-state index in [2.05, 4.69) is 5.32 Å². The number of phenolic OH excluding ortho intramolecular Hbond substituents is 1. The number of carboxylic acids is 1. The normalized spacial score (nSPS) is 19.1. The number of nitrogens with one attached hydrogen (secondary N) is 1. The van der Waals surface area contributed by atoms with Gasteiger partial charge in [0.2, 0.25) is 0 Å². The first-order valence-corrected chi connectivity index (χ1v) is 4.92. The zero-order valence-electron chi connectivity index (χ0n) is 8.23.